The van der Waals surface area contributed by atoms with Crippen LogP contribution in [-0.4, -0.2) is 9.67 Å². The fourth-order valence-electron chi connectivity index (χ4n) is 4.50. The molecule has 1 aliphatic rings. The van der Waals surface area contributed by atoms with Crippen LogP contribution in [0.5, 0.6) is 0 Å². The van der Waals surface area contributed by atoms with Gasteiger partial charge in [0.2, 0.25) is 0 Å². The molecule has 0 aromatic carbocycles. The maximum absolute atomic E-state index is 12.0. The fraction of sp³-hybridized carbons (Fsp3) is 0.714. The van der Waals surface area contributed by atoms with Crippen LogP contribution in [-0.2, 0) is 19.1 Å². The number of aromatic nitrogens is 1. The first-order valence-electron chi connectivity index (χ1n) is 9.17. The van der Waals surface area contributed by atoms with Gasteiger partial charge in [0.05, 0.1) is 5.60 Å². The van der Waals surface area contributed by atoms with E-state index in [1.807, 2.05) is 0 Å². The number of hydrogen-bond acceptors (Lipinski definition) is 1. The minimum atomic E-state index is -0.738. The lowest BCUT2D eigenvalue weighted by Gasteiger charge is -2.51. The highest BCUT2D eigenvalue weighted by Gasteiger charge is 2.53. The molecule has 0 saturated carbocycles. The van der Waals surface area contributed by atoms with Crippen LogP contribution in [0.2, 0.25) is 0 Å². The quantitative estimate of drug-likeness (QED) is 0.711. The maximum atomic E-state index is 12.0. The monoisotopic (exact) mass is 317 g/mol. The van der Waals surface area contributed by atoms with E-state index >= 15 is 0 Å². The van der Waals surface area contributed by atoms with Gasteiger partial charge in [-0.15, -0.1) is 6.58 Å². The lowest BCUT2D eigenvalue weighted by molar-refractivity contribution is -0.135. The van der Waals surface area contributed by atoms with Crippen LogP contribution in [0.3, 0.4) is 0 Å². The van der Waals surface area contributed by atoms with E-state index in [4.69, 9.17) is 0 Å². The number of rotatable bonds is 6. The summed E-state index contributed by atoms with van der Waals surface area (Å²) < 4.78 is 2.28. The molecule has 0 aliphatic heterocycles. The van der Waals surface area contributed by atoms with Crippen LogP contribution >= 0.6 is 0 Å². The maximum Gasteiger partial charge on any atom is 0.0992 e. The Labute approximate surface area is 142 Å². The van der Waals surface area contributed by atoms with Crippen LogP contribution in [0.15, 0.2) is 18.2 Å². The summed E-state index contributed by atoms with van der Waals surface area (Å²) in [6, 6.07) is 2.24. The van der Waals surface area contributed by atoms with E-state index in [-0.39, 0.29) is 5.41 Å². The molecule has 1 heterocycles. The van der Waals surface area contributed by atoms with Crippen molar-refractivity contribution in [2.24, 2.45) is 18.4 Å². The zero-order valence-electron chi connectivity index (χ0n) is 16.0. The second-order valence-electron chi connectivity index (χ2n) is 8.34. The van der Waals surface area contributed by atoms with Crippen molar-refractivity contribution in [1.29, 1.82) is 0 Å². The van der Waals surface area contributed by atoms with Crippen molar-refractivity contribution in [2.75, 3.05) is 0 Å². The van der Waals surface area contributed by atoms with Gasteiger partial charge in [-0.3, -0.25) is 0 Å². The van der Waals surface area contributed by atoms with Crippen molar-refractivity contribution < 1.29 is 5.11 Å². The summed E-state index contributed by atoms with van der Waals surface area (Å²) in [7, 11) is 2.13. The van der Waals surface area contributed by atoms with E-state index in [2.05, 4.69) is 58.9 Å². The highest BCUT2D eigenvalue weighted by atomic mass is 16.3. The Balaban J connectivity index is 2.53. The topological polar surface area (TPSA) is 25.2 Å². The van der Waals surface area contributed by atoms with E-state index in [1.54, 1.807) is 0 Å². The summed E-state index contributed by atoms with van der Waals surface area (Å²) in [5.41, 5.74) is 4.16. The van der Waals surface area contributed by atoms with Gasteiger partial charge < -0.3 is 9.67 Å². The molecule has 2 rings (SSSR count). The highest BCUT2D eigenvalue weighted by Crippen LogP contribution is 2.55. The third kappa shape index (κ3) is 3.03. The van der Waals surface area contributed by atoms with Crippen LogP contribution in [0.25, 0.3) is 0 Å². The van der Waals surface area contributed by atoms with Gasteiger partial charge in [-0.1, -0.05) is 32.8 Å². The first-order chi connectivity index (χ1) is 10.6. The molecule has 2 heteroatoms. The first kappa shape index (κ1) is 18.3. The minimum absolute atomic E-state index is 0.0945. The van der Waals surface area contributed by atoms with Gasteiger partial charge in [0, 0.05) is 24.0 Å². The average Bonchev–Trinajstić information content (AvgIpc) is 2.75. The Morgan fingerprint density at radius 3 is 2.61 bits per heavy atom. The van der Waals surface area contributed by atoms with Crippen LogP contribution in [0.1, 0.15) is 76.8 Å². The molecule has 1 aliphatic carbocycles. The summed E-state index contributed by atoms with van der Waals surface area (Å²) in [6.07, 6.45) is 6.32. The first-order valence-corrected chi connectivity index (χ1v) is 9.17. The zero-order valence-corrected chi connectivity index (χ0v) is 16.0. The smallest absolute Gasteiger partial charge is 0.0992 e. The standard InChI is InChI=1S/C21H35NO/c1-8-9-17(11-10-15(2)3)21(23)18-14-16(4)22(7)19(18)12-13-20(21,5)6/h14,17,23H,2,8-13H2,1,3-7H3. The number of hydrogen-bond donors (Lipinski definition) is 1. The molecule has 2 unspecified atom stereocenters. The number of nitrogens with zero attached hydrogens (tertiary/aromatic N) is 1. The highest BCUT2D eigenvalue weighted by molar-refractivity contribution is 5.38. The molecule has 0 spiro atoms. The Hall–Kier alpha value is -1.02. The molecular formula is C21H35NO. The number of allylic oxidation sites excluding steroid dienone is 1. The van der Waals surface area contributed by atoms with Gasteiger partial charge in [-0.2, -0.15) is 0 Å². The van der Waals surface area contributed by atoms with Gasteiger partial charge in [0.15, 0.2) is 0 Å². The second-order valence-corrected chi connectivity index (χ2v) is 8.34. The second kappa shape index (κ2) is 6.47. The number of aliphatic hydroxyl groups is 1. The molecule has 0 bridgehead atoms. The van der Waals surface area contributed by atoms with E-state index in [0.29, 0.717) is 5.92 Å². The predicted octanol–water partition coefficient (Wildman–Crippen LogP) is 5.27. The van der Waals surface area contributed by atoms with Crippen LogP contribution in [0, 0.1) is 18.3 Å². The average molecular weight is 318 g/mol. The molecule has 1 N–H and O–H groups in total. The Bertz CT molecular complexity index is 581. The minimum Gasteiger partial charge on any atom is -0.384 e. The predicted molar refractivity (Wildman–Crippen MR) is 98.6 cm³/mol. The van der Waals surface area contributed by atoms with Crippen molar-refractivity contribution in [3.05, 3.63) is 35.2 Å². The summed E-state index contributed by atoms with van der Waals surface area (Å²) in [4.78, 5) is 0. The Kier molecular flexibility index (Phi) is 5.15. The molecule has 2 atom stereocenters. The summed E-state index contributed by atoms with van der Waals surface area (Å²) in [5.74, 6) is 0.292. The van der Waals surface area contributed by atoms with E-state index < -0.39 is 5.60 Å². The molecular weight excluding hydrogens is 282 g/mol. The van der Waals surface area contributed by atoms with Crippen LogP contribution in [0.4, 0.5) is 0 Å². The van der Waals surface area contributed by atoms with Gasteiger partial charge in [0.1, 0.15) is 0 Å². The van der Waals surface area contributed by atoms with Crippen molar-refractivity contribution in [1.82, 2.24) is 4.57 Å². The van der Waals surface area contributed by atoms with Gasteiger partial charge in [-0.05, 0) is 63.4 Å². The van der Waals surface area contributed by atoms with Crippen molar-refractivity contribution in [3.8, 4) is 0 Å². The molecule has 0 saturated heterocycles. The normalized spacial score (nSPS) is 24.3. The van der Waals surface area contributed by atoms with E-state index in [0.717, 1.165) is 38.5 Å². The largest absolute Gasteiger partial charge is 0.384 e. The number of fused-ring (bicyclic) bond motifs is 1. The van der Waals surface area contributed by atoms with Gasteiger partial charge >= 0.3 is 0 Å². The molecule has 2 nitrogen and oxygen atoms in total. The van der Waals surface area contributed by atoms with E-state index in [9.17, 15) is 5.11 Å². The number of aryl methyl sites for hydroxylation is 1. The molecule has 23 heavy (non-hydrogen) atoms. The Morgan fingerprint density at radius 2 is 2.04 bits per heavy atom. The van der Waals surface area contributed by atoms with Crippen molar-refractivity contribution in [2.45, 2.75) is 78.7 Å². The molecule has 1 aromatic heterocycles. The van der Waals surface area contributed by atoms with Crippen LogP contribution < -0.4 is 0 Å². The molecule has 1 aromatic rings. The third-order valence-corrected chi connectivity index (χ3v) is 6.17. The molecule has 130 valence electrons. The Morgan fingerprint density at radius 1 is 1.39 bits per heavy atom. The molecule has 0 fully saturated rings. The van der Waals surface area contributed by atoms with E-state index in [1.165, 1.54) is 22.5 Å². The van der Waals surface area contributed by atoms with Crippen molar-refractivity contribution >= 4 is 0 Å². The van der Waals surface area contributed by atoms with Gasteiger partial charge in [0.25, 0.3) is 0 Å². The molecule has 0 amide bonds. The summed E-state index contributed by atoms with van der Waals surface area (Å²) in [5, 5.41) is 12.0. The zero-order chi connectivity index (χ0) is 17.4. The summed E-state index contributed by atoms with van der Waals surface area (Å²) in [6.45, 7) is 15.0. The lowest BCUT2D eigenvalue weighted by Crippen LogP contribution is -2.51. The fourth-order valence-corrected chi connectivity index (χ4v) is 4.50. The molecule has 0 radical (unpaired) electrons. The lowest BCUT2D eigenvalue weighted by atomic mass is 9.57. The third-order valence-electron chi connectivity index (χ3n) is 6.17. The SMILES string of the molecule is C=C(C)CCC(CCC)C1(O)c2cc(C)n(C)c2CCC1(C)C. The van der Waals surface area contributed by atoms with Gasteiger partial charge in [-0.25, -0.2) is 0 Å². The van der Waals surface area contributed by atoms with Crippen molar-refractivity contribution in [3.63, 3.8) is 0 Å². The summed E-state index contributed by atoms with van der Waals surface area (Å²) >= 11 is 0.